The highest BCUT2D eigenvalue weighted by Crippen LogP contribution is 2.34. The third-order valence-electron chi connectivity index (χ3n) is 5.16. The fraction of sp³-hybridized carbons (Fsp3) is 1.00. The van der Waals surface area contributed by atoms with Gasteiger partial charge in [-0.25, -0.2) is 0 Å². The molecule has 0 bridgehead atoms. The van der Waals surface area contributed by atoms with Gasteiger partial charge in [0.25, 0.3) is 0 Å². The van der Waals surface area contributed by atoms with Crippen LogP contribution in [-0.2, 0) is 0 Å². The van der Waals surface area contributed by atoms with Gasteiger partial charge in [-0.1, -0.05) is 26.2 Å². The Hall–Kier alpha value is -0.0800. The van der Waals surface area contributed by atoms with Crippen molar-refractivity contribution in [1.29, 1.82) is 0 Å². The van der Waals surface area contributed by atoms with Crippen LogP contribution in [0.4, 0.5) is 0 Å². The molecular weight excluding hydrogens is 208 g/mol. The maximum atomic E-state index is 3.46. The van der Waals surface area contributed by atoms with Gasteiger partial charge in [-0.3, -0.25) is 4.90 Å². The van der Waals surface area contributed by atoms with Crippen LogP contribution in [0.25, 0.3) is 0 Å². The van der Waals surface area contributed by atoms with E-state index in [1.54, 1.807) is 0 Å². The standard InChI is InChI=1S/C15H30N2/c1-4-13-7-5-6-8-15(13)17-10-9-14(16-3)11-12(17)2/h12-16H,4-11H2,1-3H3. The topological polar surface area (TPSA) is 15.3 Å². The fourth-order valence-corrected chi connectivity index (χ4v) is 4.05. The summed E-state index contributed by atoms with van der Waals surface area (Å²) in [6.45, 7) is 6.13. The lowest BCUT2D eigenvalue weighted by Gasteiger charge is -2.47. The smallest absolute Gasteiger partial charge is 0.0126 e. The summed E-state index contributed by atoms with van der Waals surface area (Å²) in [4.78, 5) is 2.83. The van der Waals surface area contributed by atoms with E-state index in [9.17, 15) is 0 Å². The maximum absolute atomic E-state index is 3.46. The van der Waals surface area contributed by atoms with Gasteiger partial charge in [0.1, 0.15) is 0 Å². The van der Waals surface area contributed by atoms with Gasteiger partial charge in [-0.15, -0.1) is 0 Å². The van der Waals surface area contributed by atoms with Crippen LogP contribution >= 0.6 is 0 Å². The minimum atomic E-state index is 0.755. The van der Waals surface area contributed by atoms with Crippen molar-refractivity contribution in [3.63, 3.8) is 0 Å². The lowest BCUT2D eigenvalue weighted by molar-refractivity contribution is 0.0354. The van der Waals surface area contributed by atoms with Gasteiger partial charge >= 0.3 is 0 Å². The van der Waals surface area contributed by atoms with E-state index in [0.717, 1.165) is 24.0 Å². The summed E-state index contributed by atoms with van der Waals surface area (Å²) in [5.41, 5.74) is 0. The molecule has 100 valence electrons. The highest BCUT2D eigenvalue weighted by molar-refractivity contribution is 4.90. The van der Waals surface area contributed by atoms with E-state index in [2.05, 4.69) is 31.1 Å². The monoisotopic (exact) mass is 238 g/mol. The Morgan fingerprint density at radius 1 is 1.18 bits per heavy atom. The number of nitrogens with one attached hydrogen (secondary N) is 1. The molecule has 17 heavy (non-hydrogen) atoms. The van der Waals surface area contributed by atoms with E-state index in [-0.39, 0.29) is 0 Å². The molecule has 0 aromatic heterocycles. The van der Waals surface area contributed by atoms with E-state index >= 15 is 0 Å². The first-order chi connectivity index (χ1) is 8.26. The van der Waals surface area contributed by atoms with Gasteiger partial charge in [0.15, 0.2) is 0 Å². The molecule has 0 amide bonds. The lowest BCUT2D eigenvalue weighted by Crippen LogP contribution is -2.53. The highest BCUT2D eigenvalue weighted by Gasteiger charge is 2.34. The zero-order valence-corrected chi connectivity index (χ0v) is 11.9. The molecule has 1 heterocycles. The molecule has 2 rings (SSSR count). The van der Waals surface area contributed by atoms with Crippen LogP contribution < -0.4 is 5.32 Å². The molecule has 0 radical (unpaired) electrons. The van der Waals surface area contributed by atoms with E-state index in [1.165, 1.54) is 51.5 Å². The lowest BCUT2D eigenvalue weighted by atomic mass is 9.80. The van der Waals surface area contributed by atoms with Crippen molar-refractivity contribution in [1.82, 2.24) is 10.2 Å². The second-order valence-corrected chi connectivity index (χ2v) is 6.12. The molecule has 1 N–H and O–H groups in total. The molecule has 2 nitrogen and oxygen atoms in total. The Balaban J connectivity index is 1.96. The molecule has 1 saturated heterocycles. The number of rotatable bonds is 3. The summed E-state index contributed by atoms with van der Waals surface area (Å²) in [6.07, 6.45) is 9.91. The van der Waals surface area contributed by atoms with Crippen molar-refractivity contribution >= 4 is 0 Å². The van der Waals surface area contributed by atoms with Crippen molar-refractivity contribution in [2.45, 2.75) is 76.9 Å². The zero-order chi connectivity index (χ0) is 12.3. The second-order valence-electron chi connectivity index (χ2n) is 6.12. The van der Waals surface area contributed by atoms with Gasteiger partial charge in [0.2, 0.25) is 0 Å². The summed E-state index contributed by atoms with van der Waals surface area (Å²) in [5.74, 6) is 0.970. The maximum Gasteiger partial charge on any atom is 0.0126 e. The number of hydrogen-bond donors (Lipinski definition) is 1. The molecule has 1 aliphatic carbocycles. The van der Waals surface area contributed by atoms with Crippen LogP contribution in [0.3, 0.4) is 0 Å². The third-order valence-corrected chi connectivity index (χ3v) is 5.16. The molecular formula is C15H30N2. The van der Waals surface area contributed by atoms with E-state index in [0.29, 0.717) is 0 Å². The largest absolute Gasteiger partial charge is 0.317 e. The summed E-state index contributed by atoms with van der Waals surface area (Å²) in [5, 5.41) is 3.46. The first-order valence-corrected chi connectivity index (χ1v) is 7.69. The Labute approximate surface area is 107 Å². The molecule has 0 aromatic rings. The van der Waals surface area contributed by atoms with Crippen molar-refractivity contribution in [2.75, 3.05) is 13.6 Å². The summed E-state index contributed by atoms with van der Waals surface area (Å²) < 4.78 is 0. The van der Waals surface area contributed by atoms with Crippen molar-refractivity contribution in [3.8, 4) is 0 Å². The van der Waals surface area contributed by atoms with E-state index < -0.39 is 0 Å². The number of piperidine rings is 1. The first-order valence-electron chi connectivity index (χ1n) is 7.69. The number of likely N-dealkylation sites (tertiary alicyclic amines) is 1. The van der Waals surface area contributed by atoms with Crippen molar-refractivity contribution in [3.05, 3.63) is 0 Å². The Bertz CT molecular complexity index is 229. The molecule has 0 aromatic carbocycles. The molecule has 1 aliphatic heterocycles. The van der Waals surface area contributed by atoms with Crippen LogP contribution in [0, 0.1) is 5.92 Å². The Morgan fingerprint density at radius 3 is 2.59 bits per heavy atom. The zero-order valence-electron chi connectivity index (χ0n) is 11.9. The molecule has 2 heteroatoms. The van der Waals surface area contributed by atoms with E-state index in [4.69, 9.17) is 0 Å². The van der Waals surface area contributed by atoms with Crippen LogP contribution in [0.15, 0.2) is 0 Å². The van der Waals surface area contributed by atoms with Crippen LogP contribution in [0.2, 0.25) is 0 Å². The number of nitrogens with zero attached hydrogens (tertiary/aromatic N) is 1. The van der Waals surface area contributed by atoms with Gasteiger partial charge in [0.05, 0.1) is 0 Å². The molecule has 4 unspecified atom stereocenters. The second kappa shape index (κ2) is 6.19. The van der Waals surface area contributed by atoms with Crippen molar-refractivity contribution < 1.29 is 0 Å². The highest BCUT2D eigenvalue weighted by atomic mass is 15.2. The van der Waals surface area contributed by atoms with Gasteiger partial charge in [-0.05, 0) is 45.6 Å². The summed E-state index contributed by atoms with van der Waals surface area (Å²) >= 11 is 0. The Morgan fingerprint density at radius 2 is 1.94 bits per heavy atom. The molecule has 4 atom stereocenters. The average molecular weight is 238 g/mol. The summed E-state index contributed by atoms with van der Waals surface area (Å²) in [6, 6.07) is 2.42. The first kappa shape index (κ1) is 13.4. The molecule has 1 saturated carbocycles. The fourth-order valence-electron chi connectivity index (χ4n) is 4.05. The van der Waals surface area contributed by atoms with Crippen molar-refractivity contribution in [2.24, 2.45) is 5.92 Å². The minimum Gasteiger partial charge on any atom is -0.317 e. The third kappa shape index (κ3) is 3.03. The van der Waals surface area contributed by atoms with Crippen LogP contribution in [0.5, 0.6) is 0 Å². The van der Waals surface area contributed by atoms with Gasteiger partial charge < -0.3 is 5.32 Å². The summed E-state index contributed by atoms with van der Waals surface area (Å²) in [7, 11) is 2.11. The molecule has 0 spiro atoms. The van der Waals surface area contributed by atoms with E-state index in [1.807, 2.05) is 0 Å². The Kier molecular flexibility index (Phi) is 4.87. The average Bonchev–Trinajstić information content (AvgIpc) is 2.38. The quantitative estimate of drug-likeness (QED) is 0.813. The molecule has 2 fully saturated rings. The van der Waals surface area contributed by atoms with Gasteiger partial charge in [0, 0.05) is 24.7 Å². The SMILES string of the molecule is CCC1CCCCC1N1CCC(NC)CC1C. The normalized spacial score (nSPS) is 40.4. The number of hydrogen-bond acceptors (Lipinski definition) is 2. The van der Waals surface area contributed by atoms with Crippen LogP contribution in [0.1, 0.15) is 58.8 Å². The minimum absolute atomic E-state index is 0.755. The predicted octanol–water partition coefficient (Wildman–Crippen LogP) is 3.03. The predicted molar refractivity (Wildman–Crippen MR) is 74.3 cm³/mol. The van der Waals surface area contributed by atoms with Gasteiger partial charge in [-0.2, -0.15) is 0 Å². The van der Waals surface area contributed by atoms with Crippen LogP contribution in [-0.4, -0.2) is 36.6 Å². The molecule has 2 aliphatic rings.